The van der Waals surface area contributed by atoms with Crippen LogP contribution in [0.1, 0.15) is 5.69 Å². The van der Waals surface area contributed by atoms with E-state index >= 15 is 0 Å². The van der Waals surface area contributed by atoms with Gasteiger partial charge in [-0.3, -0.25) is 0 Å². The molecule has 0 saturated carbocycles. The zero-order chi connectivity index (χ0) is 21.9. The lowest BCUT2D eigenvalue weighted by Crippen LogP contribution is -2.06. The molecule has 3 aromatic heterocycles. The number of ether oxygens (including phenoxy) is 1. The summed E-state index contributed by atoms with van der Waals surface area (Å²) in [5, 5.41) is 3.21. The number of hydrogen-bond donors (Lipinski definition) is 1. The van der Waals surface area contributed by atoms with Crippen LogP contribution in [0.4, 0.5) is 5.82 Å². The summed E-state index contributed by atoms with van der Waals surface area (Å²) in [6.07, 6.45) is 1.72. The van der Waals surface area contributed by atoms with Gasteiger partial charge in [-0.05, 0) is 60.2 Å². The van der Waals surface area contributed by atoms with Gasteiger partial charge < -0.3 is 15.0 Å². The fourth-order valence-corrected chi connectivity index (χ4v) is 4.33. The molecule has 158 valence electrons. The van der Waals surface area contributed by atoms with E-state index in [1.54, 1.807) is 12.3 Å². The molecule has 0 amide bonds. The monoisotopic (exact) mass is 458 g/mol. The Morgan fingerprint density at radius 1 is 0.906 bits per heavy atom. The molecule has 0 bridgehead atoms. The van der Waals surface area contributed by atoms with Gasteiger partial charge in [0.2, 0.25) is 0 Å². The van der Waals surface area contributed by atoms with Gasteiger partial charge in [-0.15, -0.1) is 0 Å². The van der Waals surface area contributed by atoms with Crippen molar-refractivity contribution in [2.45, 2.75) is 6.54 Å². The molecule has 7 heteroatoms. The molecule has 0 unspecified atom stereocenters. The van der Waals surface area contributed by atoms with E-state index in [0.29, 0.717) is 22.6 Å². The first-order valence-corrected chi connectivity index (χ1v) is 11.3. The fourth-order valence-electron chi connectivity index (χ4n) is 3.60. The second-order valence-electron chi connectivity index (χ2n) is 7.15. The molecule has 5 nitrogen and oxygen atoms in total. The molecular weight excluding hydrogens is 440 g/mol. The largest absolute Gasteiger partial charge is 0.431 e. The van der Waals surface area contributed by atoms with Crippen molar-refractivity contribution in [2.75, 3.05) is 5.73 Å². The highest BCUT2D eigenvalue weighted by molar-refractivity contribution is 7.11. The van der Waals surface area contributed by atoms with Crippen molar-refractivity contribution >= 4 is 28.8 Å². The Balaban J connectivity index is 1.55. The number of aromatic nitrogens is 3. The summed E-state index contributed by atoms with van der Waals surface area (Å²) in [7, 11) is 0. The first-order chi connectivity index (χ1) is 15.7. The van der Waals surface area contributed by atoms with Crippen molar-refractivity contribution in [3.05, 3.63) is 101 Å². The highest BCUT2D eigenvalue weighted by atomic mass is 35.5. The van der Waals surface area contributed by atoms with E-state index in [0.717, 1.165) is 34.0 Å². The lowest BCUT2D eigenvalue weighted by atomic mass is 10.1. The number of halogens is 1. The van der Waals surface area contributed by atoms with Crippen molar-refractivity contribution < 1.29 is 4.74 Å². The summed E-state index contributed by atoms with van der Waals surface area (Å²) in [5.74, 6) is 1.24. The van der Waals surface area contributed by atoms with Crippen LogP contribution in [-0.2, 0) is 6.54 Å². The number of nitrogens with two attached hydrogens (primary N) is 1. The van der Waals surface area contributed by atoms with Crippen molar-refractivity contribution in [1.82, 2.24) is 14.5 Å². The van der Waals surface area contributed by atoms with Crippen molar-refractivity contribution in [3.63, 3.8) is 0 Å². The summed E-state index contributed by atoms with van der Waals surface area (Å²) in [6, 6.07) is 25.7. The van der Waals surface area contributed by atoms with Crippen LogP contribution in [0.3, 0.4) is 0 Å². The Morgan fingerprint density at radius 2 is 1.72 bits per heavy atom. The first kappa shape index (κ1) is 20.3. The predicted molar refractivity (Wildman–Crippen MR) is 130 cm³/mol. The van der Waals surface area contributed by atoms with Gasteiger partial charge in [0.15, 0.2) is 0 Å². The van der Waals surface area contributed by atoms with Crippen LogP contribution < -0.4 is 10.5 Å². The Morgan fingerprint density at radius 3 is 2.47 bits per heavy atom. The summed E-state index contributed by atoms with van der Waals surface area (Å²) >= 11 is 7.99. The van der Waals surface area contributed by atoms with Gasteiger partial charge >= 0.3 is 0 Å². The Hall–Kier alpha value is -3.61. The van der Waals surface area contributed by atoms with Crippen LogP contribution in [-0.4, -0.2) is 14.5 Å². The molecule has 3 heterocycles. The van der Waals surface area contributed by atoms with Gasteiger partial charge in [0.25, 0.3) is 5.19 Å². The van der Waals surface area contributed by atoms with E-state index < -0.39 is 0 Å². The quantitative estimate of drug-likeness (QED) is 0.305. The summed E-state index contributed by atoms with van der Waals surface area (Å²) < 4.78 is 8.01. The fraction of sp³-hybridized carbons (Fsp3) is 0.0400. The number of thiazole rings is 1. The van der Waals surface area contributed by atoms with Crippen LogP contribution in [0, 0.1) is 0 Å². The van der Waals surface area contributed by atoms with Gasteiger partial charge in [-0.2, -0.15) is 0 Å². The smallest absolute Gasteiger partial charge is 0.278 e. The van der Waals surface area contributed by atoms with E-state index in [-0.39, 0.29) is 0 Å². The van der Waals surface area contributed by atoms with Gasteiger partial charge in [0.05, 0.1) is 17.9 Å². The predicted octanol–water partition coefficient (Wildman–Crippen LogP) is 6.75. The maximum Gasteiger partial charge on any atom is 0.278 e. The van der Waals surface area contributed by atoms with Gasteiger partial charge in [0, 0.05) is 27.9 Å². The molecular formula is C25H19ClN4OS. The van der Waals surface area contributed by atoms with Gasteiger partial charge in [-0.25, -0.2) is 9.97 Å². The molecule has 0 fully saturated rings. The second kappa shape index (κ2) is 8.86. The molecule has 32 heavy (non-hydrogen) atoms. The third kappa shape index (κ3) is 4.23. The molecule has 0 spiro atoms. The SMILES string of the molecule is Nc1cccc(Cn2c(-c3ccc(Oc4nccs4)cc3)ccc2-c2ccccc2Cl)n1. The minimum absolute atomic E-state index is 0.499. The first-order valence-electron chi connectivity index (χ1n) is 10.0. The summed E-state index contributed by atoms with van der Waals surface area (Å²) in [5.41, 5.74) is 10.9. The normalized spacial score (nSPS) is 10.9. The Kier molecular flexibility index (Phi) is 5.62. The second-order valence-corrected chi connectivity index (χ2v) is 8.41. The molecule has 5 rings (SSSR count). The zero-order valence-electron chi connectivity index (χ0n) is 17.0. The highest BCUT2D eigenvalue weighted by Crippen LogP contribution is 2.34. The Labute approximate surface area is 194 Å². The highest BCUT2D eigenvalue weighted by Gasteiger charge is 2.15. The summed E-state index contributed by atoms with van der Waals surface area (Å²) in [4.78, 5) is 8.66. The third-order valence-electron chi connectivity index (χ3n) is 5.04. The standard InChI is InChI=1S/C25H19ClN4OS/c26-21-6-2-1-5-20(21)23-13-12-22(30(23)16-18-4-3-7-24(27)29-18)17-8-10-19(11-9-17)31-25-28-14-15-32-25/h1-15H,16H2,(H2,27,29). The van der Waals surface area contributed by atoms with E-state index in [4.69, 9.17) is 22.1 Å². The number of nitrogens with zero attached hydrogens (tertiary/aromatic N) is 3. The van der Waals surface area contributed by atoms with E-state index in [1.165, 1.54) is 11.3 Å². The molecule has 0 aliphatic heterocycles. The van der Waals surface area contributed by atoms with Gasteiger partial charge in [-0.1, -0.05) is 47.2 Å². The molecule has 0 saturated heterocycles. The number of anilines is 1. The number of hydrogen-bond acceptors (Lipinski definition) is 5. The summed E-state index contributed by atoms with van der Waals surface area (Å²) in [6.45, 7) is 0.561. The molecule has 0 atom stereocenters. The molecule has 2 N–H and O–H groups in total. The van der Waals surface area contributed by atoms with E-state index in [1.807, 2.05) is 66.0 Å². The van der Waals surface area contributed by atoms with Crippen LogP contribution in [0.25, 0.3) is 22.5 Å². The third-order valence-corrected chi connectivity index (χ3v) is 6.02. The van der Waals surface area contributed by atoms with Crippen molar-refractivity contribution in [3.8, 4) is 33.5 Å². The maximum atomic E-state index is 6.53. The Bertz CT molecular complexity index is 1350. The molecule has 0 aliphatic rings. The number of benzene rings is 2. The average molecular weight is 459 g/mol. The van der Waals surface area contributed by atoms with Crippen LogP contribution in [0.2, 0.25) is 5.02 Å². The van der Waals surface area contributed by atoms with Gasteiger partial charge in [0.1, 0.15) is 11.6 Å². The lowest BCUT2D eigenvalue weighted by Gasteiger charge is -2.15. The van der Waals surface area contributed by atoms with Crippen molar-refractivity contribution in [1.29, 1.82) is 0 Å². The topological polar surface area (TPSA) is 66.0 Å². The molecule has 5 aromatic rings. The minimum atomic E-state index is 0.499. The van der Waals surface area contributed by atoms with Crippen LogP contribution >= 0.6 is 22.9 Å². The molecule has 0 aliphatic carbocycles. The van der Waals surface area contributed by atoms with Crippen LogP contribution in [0.5, 0.6) is 10.9 Å². The molecule has 2 aromatic carbocycles. The number of rotatable bonds is 6. The van der Waals surface area contributed by atoms with E-state index in [2.05, 4.69) is 26.7 Å². The lowest BCUT2D eigenvalue weighted by molar-refractivity contribution is 0.479. The number of pyridine rings is 1. The minimum Gasteiger partial charge on any atom is -0.431 e. The molecule has 0 radical (unpaired) electrons. The average Bonchev–Trinajstić information content (AvgIpc) is 3.45. The van der Waals surface area contributed by atoms with Crippen LogP contribution in [0.15, 0.2) is 90.4 Å². The zero-order valence-corrected chi connectivity index (χ0v) is 18.6. The van der Waals surface area contributed by atoms with E-state index in [9.17, 15) is 0 Å². The number of nitrogen functional groups attached to an aromatic ring is 1. The van der Waals surface area contributed by atoms with Crippen molar-refractivity contribution in [2.24, 2.45) is 0 Å². The maximum absolute atomic E-state index is 6.53.